The second-order valence-electron chi connectivity index (χ2n) is 4.80. The van der Waals surface area contributed by atoms with Crippen LogP contribution in [0.3, 0.4) is 0 Å². The topological polar surface area (TPSA) is 69.7 Å². The molecule has 102 valence electrons. The lowest BCUT2D eigenvalue weighted by atomic mass is 10.1. The SMILES string of the molecule is Clc1nc(NCCN2CCCCC2)c2cn[nH]c2n1. The first-order valence-electron chi connectivity index (χ1n) is 6.66. The van der Waals surface area contributed by atoms with Crippen LogP contribution >= 0.6 is 11.6 Å². The first-order valence-corrected chi connectivity index (χ1v) is 7.03. The second kappa shape index (κ2) is 5.71. The van der Waals surface area contributed by atoms with Gasteiger partial charge in [0.15, 0.2) is 5.65 Å². The molecule has 1 aliphatic rings. The molecule has 7 heteroatoms. The Morgan fingerprint density at radius 1 is 1.26 bits per heavy atom. The number of aromatic nitrogens is 4. The van der Waals surface area contributed by atoms with Gasteiger partial charge in [-0.15, -0.1) is 0 Å². The van der Waals surface area contributed by atoms with E-state index in [0.29, 0.717) is 5.65 Å². The van der Waals surface area contributed by atoms with Crippen molar-refractivity contribution in [2.45, 2.75) is 19.3 Å². The number of halogens is 1. The van der Waals surface area contributed by atoms with E-state index in [2.05, 4.69) is 30.4 Å². The summed E-state index contributed by atoms with van der Waals surface area (Å²) in [7, 11) is 0. The number of nitrogens with one attached hydrogen (secondary N) is 2. The van der Waals surface area contributed by atoms with Gasteiger partial charge in [0.2, 0.25) is 5.28 Å². The molecule has 0 amide bonds. The highest BCUT2D eigenvalue weighted by Gasteiger charge is 2.11. The minimum absolute atomic E-state index is 0.234. The molecule has 19 heavy (non-hydrogen) atoms. The quantitative estimate of drug-likeness (QED) is 0.837. The van der Waals surface area contributed by atoms with Crippen molar-refractivity contribution in [3.05, 3.63) is 11.5 Å². The van der Waals surface area contributed by atoms with Crippen LogP contribution in [-0.4, -0.2) is 51.2 Å². The molecule has 0 radical (unpaired) electrons. The van der Waals surface area contributed by atoms with E-state index in [1.807, 2.05) is 0 Å². The summed E-state index contributed by atoms with van der Waals surface area (Å²) < 4.78 is 0. The molecule has 2 aromatic rings. The van der Waals surface area contributed by atoms with E-state index in [-0.39, 0.29) is 5.28 Å². The standard InChI is InChI=1S/C12H17ClN6/c13-12-16-10(9-8-15-18-11(9)17-12)14-4-7-19-5-2-1-3-6-19/h8H,1-7H2,(H2,14,15,16,17,18). The molecule has 1 aliphatic heterocycles. The predicted octanol–water partition coefficient (Wildman–Crippen LogP) is 1.90. The van der Waals surface area contributed by atoms with Gasteiger partial charge in [0.1, 0.15) is 5.82 Å². The normalized spacial score (nSPS) is 16.9. The molecule has 0 saturated carbocycles. The fourth-order valence-electron chi connectivity index (χ4n) is 2.46. The average molecular weight is 281 g/mol. The summed E-state index contributed by atoms with van der Waals surface area (Å²) in [6.45, 7) is 4.29. The largest absolute Gasteiger partial charge is 0.368 e. The first-order chi connectivity index (χ1) is 9.33. The van der Waals surface area contributed by atoms with E-state index in [1.54, 1.807) is 6.20 Å². The van der Waals surface area contributed by atoms with Gasteiger partial charge in [0.25, 0.3) is 0 Å². The van der Waals surface area contributed by atoms with Crippen molar-refractivity contribution in [2.24, 2.45) is 0 Å². The summed E-state index contributed by atoms with van der Waals surface area (Å²) in [5.74, 6) is 0.751. The average Bonchev–Trinajstić information content (AvgIpc) is 2.88. The maximum atomic E-state index is 5.89. The molecule has 0 aromatic carbocycles. The summed E-state index contributed by atoms with van der Waals surface area (Å²) in [5.41, 5.74) is 0.667. The van der Waals surface area contributed by atoms with Crippen LogP contribution in [0.4, 0.5) is 5.82 Å². The number of likely N-dealkylation sites (tertiary alicyclic amines) is 1. The van der Waals surface area contributed by atoms with E-state index in [9.17, 15) is 0 Å². The molecular formula is C12H17ClN6. The van der Waals surface area contributed by atoms with Crippen molar-refractivity contribution in [3.63, 3.8) is 0 Å². The smallest absolute Gasteiger partial charge is 0.226 e. The highest BCUT2D eigenvalue weighted by atomic mass is 35.5. The number of hydrogen-bond donors (Lipinski definition) is 2. The number of hydrogen-bond acceptors (Lipinski definition) is 5. The van der Waals surface area contributed by atoms with E-state index >= 15 is 0 Å². The molecule has 0 spiro atoms. The molecule has 0 aliphatic carbocycles. The van der Waals surface area contributed by atoms with E-state index < -0.39 is 0 Å². The Balaban J connectivity index is 1.63. The number of anilines is 1. The van der Waals surface area contributed by atoms with Crippen molar-refractivity contribution in [1.29, 1.82) is 0 Å². The Hall–Kier alpha value is -1.40. The molecule has 6 nitrogen and oxygen atoms in total. The number of aromatic amines is 1. The Labute approximate surface area is 116 Å². The lowest BCUT2D eigenvalue weighted by Crippen LogP contribution is -2.33. The van der Waals surface area contributed by atoms with Gasteiger partial charge in [0, 0.05) is 13.1 Å². The zero-order chi connectivity index (χ0) is 13.1. The van der Waals surface area contributed by atoms with Crippen molar-refractivity contribution >= 4 is 28.5 Å². The van der Waals surface area contributed by atoms with Gasteiger partial charge in [-0.2, -0.15) is 15.1 Å². The van der Waals surface area contributed by atoms with Crippen LogP contribution in [0.2, 0.25) is 5.28 Å². The van der Waals surface area contributed by atoms with Gasteiger partial charge in [-0.3, -0.25) is 5.10 Å². The maximum absolute atomic E-state index is 5.89. The molecule has 1 fully saturated rings. The molecule has 0 unspecified atom stereocenters. The maximum Gasteiger partial charge on any atom is 0.226 e. The number of fused-ring (bicyclic) bond motifs is 1. The van der Waals surface area contributed by atoms with Crippen LogP contribution in [0.1, 0.15) is 19.3 Å². The van der Waals surface area contributed by atoms with Gasteiger partial charge in [-0.1, -0.05) is 6.42 Å². The Morgan fingerprint density at radius 2 is 2.11 bits per heavy atom. The Bertz CT molecular complexity index is 548. The predicted molar refractivity (Wildman–Crippen MR) is 75.5 cm³/mol. The highest BCUT2D eigenvalue weighted by molar-refractivity contribution is 6.28. The number of nitrogens with zero attached hydrogens (tertiary/aromatic N) is 4. The van der Waals surface area contributed by atoms with Crippen LogP contribution < -0.4 is 5.32 Å². The van der Waals surface area contributed by atoms with Crippen molar-refractivity contribution in [3.8, 4) is 0 Å². The lowest BCUT2D eigenvalue weighted by Gasteiger charge is -2.26. The minimum Gasteiger partial charge on any atom is -0.368 e. The summed E-state index contributed by atoms with van der Waals surface area (Å²) in [6.07, 6.45) is 5.70. The third kappa shape index (κ3) is 2.96. The van der Waals surface area contributed by atoms with Crippen LogP contribution in [0.25, 0.3) is 11.0 Å². The minimum atomic E-state index is 0.234. The lowest BCUT2D eigenvalue weighted by molar-refractivity contribution is 0.237. The summed E-state index contributed by atoms with van der Waals surface area (Å²) in [5, 5.41) is 11.2. The monoisotopic (exact) mass is 280 g/mol. The fourth-order valence-corrected chi connectivity index (χ4v) is 2.63. The van der Waals surface area contributed by atoms with Gasteiger partial charge >= 0.3 is 0 Å². The van der Waals surface area contributed by atoms with Gasteiger partial charge < -0.3 is 10.2 Å². The summed E-state index contributed by atoms with van der Waals surface area (Å²) in [4.78, 5) is 10.8. The van der Waals surface area contributed by atoms with Crippen LogP contribution in [-0.2, 0) is 0 Å². The summed E-state index contributed by atoms with van der Waals surface area (Å²) >= 11 is 5.89. The molecule has 3 rings (SSSR count). The van der Waals surface area contributed by atoms with E-state index in [0.717, 1.165) is 24.3 Å². The zero-order valence-corrected chi connectivity index (χ0v) is 11.4. The second-order valence-corrected chi connectivity index (χ2v) is 5.14. The number of piperidine rings is 1. The van der Waals surface area contributed by atoms with Crippen LogP contribution in [0.5, 0.6) is 0 Å². The highest BCUT2D eigenvalue weighted by Crippen LogP contribution is 2.19. The van der Waals surface area contributed by atoms with Gasteiger partial charge in [0.05, 0.1) is 11.6 Å². The number of H-pyrrole nitrogens is 1. The zero-order valence-electron chi connectivity index (χ0n) is 10.7. The molecule has 1 saturated heterocycles. The van der Waals surface area contributed by atoms with Gasteiger partial charge in [-0.05, 0) is 37.5 Å². The molecule has 2 aromatic heterocycles. The van der Waals surface area contributed by atoms with Crippen molar-refractivity contribution < 1.29 is 0 Å². The van der Waals surface area contributed by atoms with Crippen molar-refractivity contribution in [1.82, 2.24) is 25.1 Å². The fraction of sp³-hybridized carbons (Fsp3) is 0.583. The molecule has 0 bridgehead atoms. The van der Waals surface area contributed by atoms with Crippen LogP contribution in [0.15, 0.2) is 6.20 Å². The first kappa shape index (κ1) is 12.6. The Kier molecular flexibility index (Phi) is 3.79. The molecule has 0 atom stereocenters. The molecular weight excluding hydrogens is 264 g/mol. The van der Waals surface area contributed by atoms with E-state index in [1.165, 1.54) is 32.4 Å². The van der Waals surface area contributed by atoms with Crippen molar-refractivity contribution in [2.75, 3.05) is 31.5 Å². The molecule has 2 N–H and O–H groups in total. The van der Waals surface area contributed by atoms with E-state index in [4.69, 9.17) is 11.6 Å². The third-order valence-corrected chi connectivity index (χ3v) is 3.62. The molecule has 3 heterocycles. The Morgan fingerprint density at radius 3 is 2.95 bits per heavy atom. The van der Waals surface area contributed by atoms with Crippen LogP contribution in [0, 0.1) is 0 Å². The third-order valence-electron chi connectivity index (χ3n) is 3.45. The van der Waals surface area contributed by atoms with Gasteiger partial charge in [-0.25, -0.2) is 0 Å². The summed E-state index contributed by atoms with van der Waals surface area (Å²) in [6, 6.07) is 0. The number of rotatable bonds is 4.